The number of aromatic nitrogens is 2. The van der Waals surface area contributed by atoms with E-state index in [9.17, 15) is 0 Å². The summed E-state index contributed by atoms with van der Waals surface area (Å²) in [5.74, 6) is 3.57. The highest BCUT2D eigenvalue weighted by Crippen LogP contribution is 2.46. The molecule has 1 atom stereocenters. The molecule has 2 aliphatic rings. The Balaban J connectivity index is 1.75. The van der Waals surface area contributed by atoms with Gasteiger partial charge in [-0.05, 0) is 31.1 Å². The predicted octanol–water partition coefficient (Wildman–Crippen LogP) is 3.39. The van der Waals surface area contributed by atoms with Crippen molar-refractivity contribution >= 4 is 11.6 Å². The minimum atomic E-state index is 0.418. The van der Waals surface area contributed by atoms with Crippen LogP contribution >= 0.6 is 0 Å². The van der Waals surface area contributed by atoms with E-state index in [1.807, 2.05) is 0 Å². The Bertz CT molecular complexity index is 465. The molecule has 0 saturated heterocycles. The van der Waals surface area contributed by atoms with Crippen LogP contribution in [0.1, 0.15) is 58.2 Å². The average molecular weight is 260 g/mol. The molecular weight excluding hydrogens is 236 g/mol. The molecule has 2 saturated carbocycles. The van der Waals surface area contributed by atoms with Crippen molar-refractivity contribution in [1.29, 1.82) is 0 Å². The lowest BCUT2D eigenvalue weighted by atomic mass is 10.2. The zero-order valence-electron chi connectivity index (χ0n) is 12.2. The van der Waals surface area contributed by atoms with Crippen molar-refractivity contribution in [2.45, 2.75) is 58.4 Å². The quantitative estimate of drug-likeness (QED) is 0.823. The third kappa shape index (κ3) is 2.99. The van der Waals surface area contributed by atoms with Crippen molar-refractivity contribution in [3.05, 3.63) is 11.9 Å². The number of hydrogen-bond acceptors (Lipinski definition) is 4. The SMILES string of the molecule is CCCNc1cc(NC2CC2(C)C)nc(C2CC2)n1. The highest BCUT2D eigenvalue weighted by atomic mass is 15.1. The Morgan fingerprint density at radius 2 is 1.95 bits per heavy atom. The first kappa shape index (κ1) is 12.7. The second-order valence-corrected chi connectivity index (χ2v) is 6.59. The van der Waals surface area contributed by atoms with Crippen LogP contribution in [0.3, 0.4) is 0 Å². The monoisotopic (exact) mass is 260 g/mol. The van der Waals surface area contributed by atoms with Gasteiger partial charge in [-0.1, -0.05) is 20.8 Å². The molecular formula is C15H24N4. The molecule has 19 heavy (non-hydrogen) atoms. The van der Waals surface area contributed by atoms with Gasteiger partial charge in [-0.25, -0.2) is 9.97 Å². The first-order chi connectivity index (χ1) is 9.08. The predicted molar refractivity (Wildman–Crippen MR) is 78.6 cm³/mol. The second-order valence-electron chi connectivity index (χ2n) is 6.59. The number of rotatable bonds is 6. The molecule has 0 aliphatic heterocycles. The van der Waals surface area contributed by atoms with E-state index < -0.39 is 0 Å². The van der Waals surface area contributed by atoms with Crippen molar-refractivity contribution in [3.63, 3.8) is 0 Å². The van der Waals surface area contributed by atoms with E-state index in [-0.39, 0.29) is 0 Å². The summed E-state index contributed by atoms with van der Waals surface area (Å²) >= 11 is 0. The highest BCUT2D eigenvalue weighted by molar-refractivity contribution is 5.50. The molecule has 2 N–H and O–H groups in total. The normalized spacial score (nSPS) is 24.1. The largest absolute Gasteiger partial charge is 0.370 e. The number of anilines is 2. The van der Waals surface area contributed by atoms with Crippen LogP contribution in [0, 0.1) is 5.41 Å². The van der Waals surface area contributed by atoms with Gasteiger partial charge < -0.3 is 10.6 Å². The van der Waals surface area contributed by atoms with Crippen molar-refractivity contribution in [3.8, 4) is 0 Å². The van der Waals surface area contributed by atoms with E-state index in [2.05, 4.69) is 47.4 Å². The molecule has 0 aromatic carbocycles. The molecule has 3 rings (SSSR count). The van der Waals surface area contributed by atoms with Crippen LogP contribution in [0.4, 0.5) is 11.6 Å². The molecule has 4 nitrogen and oxygen atoms in total. The molecule has 1 unspecified atom stereocenters. The second kappa shape index (κ2) is 4.66. The summed E-state index contributed by atoms with van der Waals surface area (Å²) in [5.41, 5.74) is 0.418. The van der Waals surface area contributed by atoms with Crippen LogP contribution in [0.25, 0.3) is 0 Å². The standard InChI is InChI=1S/C15H24N4/c1-4-7-16-12-8-13(17-11-9-15(11,2)3)19-14(18-12)10-5-6-10/h8,10-11H,4-7,9H2,1-3H3,(H2,16,17,18,19). The Hall–Kier alpha value is -1.32. The number of nitrogens with one attached hydrogen (secondary N) is 2. The third-order valence-electron chi connectivity index (χ3n) is 4.08. The minimum Gasteiger partial charge on any atom is -0.370 e. The Morgan fingerprint density at radius 1 is 1.26 bits per heavy atom. The fourth-order valence-electron chi connectivity index (χ4n) is 2.30. The summed E-state index contributed by atoms with van der Waals surface area (Å²) in [4.78, 5) is 9.32. The molecule has 0 radical (unpaired) electrons. The van der Waals surface area contributed by atoms with Gasteiger partial charge in [0.1, 0.15) is 17.5 Å². The molecule has 2 aliphatic carbocycles. The molecule has 104 valence electrons. The maximum Gasteiger partial charge on any atom is 0.136 e. The van der Waals surface area contributed by atoms with Gasteiger partial charge in [0.25, 0.3) is 0 Å². The maximum atomic E-state index is 4.69. The molecule has 0 bridgehead atoms. The summed E-state index contributed by atoms with van der Waals surface area (Å²) < 4.78 is 0. The summed E-state index contributed by atoms with van der Waals surface area (Å²) in [7, 11) is 0. The van der Waals surface area contributed by atoms with E-state index >= 15 is 0 Å². The topological polar surface area (TPSA) is 49.8 Å². The summed E-state index contributed by atoms with van der Waals surface area (Å²) in [6.45, 7) is 7.73. The lowest BCUT2D eigenvalue weighted by Gasteiger charge is -2.11. The summed E-state index contributed by atoms with van der Waals surface area (Å²) in [6.07, 6.45) is 4.83. The van der Waals surface area contributed by atoms with E-state index in [1.54, 1.807) is 0 Å². The van der Waals surface area contributed by atoms with Crippen LogP contribution in [-0.2, 0) is 0 Å². The Kier molecular flexibility index (Phi) is 3.11. The highest BCUT2D eigenvalue weighted by Gasteiger charge is 2.46. The van der Waals surface area contributed by atoms with Gasteiger partial charge >= 0.3 is 0 Å². The third-order valence-corrected chi connectivity index (χ3v) is 4.08. The number of nitrogens with zero attached hydrogens (tertiary/aromatic N) is 2. The first-order valence-corrected chi connectivity index (χ1v) is 7.48. The smallest absolute Gasteiger partial charge is 0.136 e. The molecule has 1 aromatic rings. The van der Waals surface area contributed by atoms with Gasteiger partial charge in [0.05, 0.1) is 0 Å². The number of hydrogen-bond donors (Lipinski definition) is 2. The lowest BCUT2D eigenvalue weighted by molar-refractivity contribution is 0.629. The summed E-state index contributed by atoms with van der Waals surface area (Å²) in [5, 5.41) is 6.94. The maximum absolute atomic E-state index is 4.69. The van der Waals surface area contributed by atoms with Crippen LogP contribution in [0.5, 0.6) is 0 Å². The van der Waals surface area contributed by atoms with Crippen LogP contribution in [-0.4, -0.2) is 22.6 Å². The van der Waals surface area contributed by atoms with Crippen LogP contribution in [0.2, 0.25) is 0 Å². The minimum absolute atomic E-state index is 0.418. The van der Waals surface area contributed by atoms with Crippen molar-refractivity contribution in [2.75, 3.05) is 17.2 Å². The van der Waals surface area contributed by atoms with Gasteiger partial charge in [-0.2, -0.15) is 0 Å². The fourth-order valence-corrected chi connectivity index (χ4v) is 2.30. The van der Waals surface area contributed by atoms with Crippen LogP contribution < -0.4 is 10.6 Å². The lowest BCUT2D eigenvalue weighted by Crippen LogP contribution is -2.12. The van der Waals surface area contributed by atoms with E-state index in [0.29, 0.717) is 17.4 Å². The summed E-state index contributed by atoms with van der Waals surface area (Å²) in [6, 6.07) is 2.61. The molecule has 1 aromatic heterocycles. The average Bonchev–Trinajstić information content (AvgIpc) is 3.25. The molecule has 1 heterocycles. The molecule has 0 spiro atoms. The van der Waals surface area contributed by atoms with Gasteiger partial charge in [0.2, 0.25) is 0 Å². The fraction of sp³-hybridized carbons (Fsp3) is 0.733. The van der Waals surface area contributed by atoms with Gasteiger partial charge in [-0.15, -0.1) is 0 Å². The van der Waals surface area contributed by atoms with E-state index in [1.165, 1.54) is 19.3 Å². The molecule has 2 fully saturated rings. The molecule has 0 amide bonds. The molecule has 4 heteroatoms. The Labute approximate surface area is 115 Å². The zero-order chi connectivity index (χ0) is 13.5. The van der Waals surface area contributed by atoms with Crippen molar-refractivity contribution in [2.24, 2.45) is 5.41 Å². The zero-order valence-corrected chi connectivity index (χ0v) is 12.2. The first-order valence-electron chi connectivity index (χ1n) is 7.48. The van der Waals surface area contributed by atoms with Crippen molar-refractivity contribution in [1.82, 2.24) is 9.97 Å². The van der Waals surface area contributed by atoms with Gasteiger partial charge in [-0.3, -0.25) is 0 Å². The van der Waals surface area contributed by atoms with E-state index in [4.69, 9.17) is 0 Å². The van der Waals surface area contributed by atoms with E-state index in [0.717, 1.165) is 30.4 Å². The van der Waals surface area contributed by atoms with Crippen LogP contribution in [0.15, 0.2) is 6.07 Å². The Morgan fingerprint density at radius 3 is 2.53 bits per heavy atom. The van der Waals surface area contributed by atoms with Gasteiger partial charge in [0.15, 0.2) is 0 Å². The van der Waals surface area contributed by atoms with Crippen molar-refractivity contribution < 1.29 is 0 Å². The van der Waals surface area contributed by atoms with Gasteiger partial charge in [0, 0.05) is 24.6 Å².